The molecule has 1 saturated heterocycles. The lowest BCUT2D eigenvalue weighted by atomic mass is 10.0. The van der Waals surface area contributed by atoms with Crippen LogP contribution < -0.4 is 9.80 Å². The van der Waals surface area contributed by atoms with Crippen molar-refractivity contribution in [3.05, 3.63) is 47.5 Å². The summed E-state index contributed by atoms with van der Waals surface area (Å²) in [5.74, 6) is 0.334. The van der Waals surface area contributed by atoms with Crippen molar-refractivity contribution in [1.29, 1.82) is 5.26 Å². The Labute approximate surface area is 141 Å². The van der Waals surface area contributed by atoms with Crippen LogP contribution in [0.4, 0.5) is 16.0 Å². The fourth-order valence-corrected chi connectivity index (χ4v) is 3.10. The molecule has 0 spiro atoms. The number of hydrogen-bond donors (Lipinski definition) is 0. The minimum Gasteiger partial charge on any atom is -0.369 e. The summed E-state index contributed by atoms with van der Waals surface area (Å²) in [7, 11) is 2.00. The van der Waals surface area contributed by atoms with Gasteiger partial charge in [-0.3, -0.25) is 0 Å². The van der Waals surface area contributed by atoms with Gasteiger partial charge in [0.2, 0.25) is 5.95 Å². The van der Waals surface area contributed by atoms with E-state index in [-0.39, 0.29) is 11.9 Å². The van der Waals surface area contributed by atoms with E-state index >= 15 is 0 Å². The summed E-state index contributed by atoms with van der Waals surface area (Å²) in [6, 6.07) is 8.64. The van der Waals surface area contributed by atoms with E-state index in [2.05, 4.69) is 19.8 Å². The van der Waals surface area contributed by atoms with Crippen LogP contribution in [0.5, 0.6) is 0 Å². The quantitative estimate of drug-likeness (QED) is 0.868. The molecule has 1 atom stereocenters. The number of hydrogen-bond acceptors (Lipinski definition) is 5. The number of aryl methyl sites for hydroxylation is 1. The third-order valence-electron chi connectivity index (χ3n) is 4.42. The van der Waals surface area contributed by atoms with Crippen molar-refractivity contribution in [3.63, 3.8) is 0 Å². The first-order valence-electron chi connectivity index (χ1n) is 8.05. The molecule has 1 aromatic carbocycles. The number of piperidine rings is 1. The summed E-state index contributed by atoms with van der Waals surface area (Å²) in [5, 5.41) is 9.04. The lowest BCUT2D eigenvalue weighted by molar-refractivity contribution is 0.482. The van der Waals surface area contributed by atoms with Gasteiger partial charge in [0.1, 0.15) is 5.82 Å². The van der Waals surface area contributed by atoms with Crippen LogP contribution in [-0.2, 0) is 0 Å². The standard InChI is InChI=1S/C18H20FN5/c1-13-5-6-21-18(22-13)23(2)16-4-3-7-24(12-16)17-9-14(11-20)8-15(19)10-17/h5-6,8-10,16H,3-4,7,12H2,1-2H3. The zero-order chi connectivity index (χ0) is 17.1. The van der Waals surface area contributed by atoms with Crippen molar-refractivity contribution in [2.75, 3.05) is 29.9 Å². The molecular formula is C18H20FN5. The minimum absolute atomic E-state index is 0.245. The lowest BCUT2D eigenvalue weighted by Gasteiger charge is -2.39. The number of benzene rings is 1. The molecule has 0 amide bonds. The molecule has 24 heavy (non-hydrogen) atoms. The highest BCUT2D eigenvalue weighted by Gasteiger charge is 2.25. The Balaban J connectivity index is 1.79. The third-order valence-corrected chi connectivity index (χ3v) is 4.42. The maximum absolute atomic E-state index is 13.7. The van der Waals surface area contributed by atoms with Crippen LogP contribution in [0.2, 0.25) is 0 Å². The highest BCUT2D eigenvalue weighted by molar-refractivity contribution is 5.53. The van der Waals surface area contributed by atoms with E-state index in [9.17, 15) is 4.39 Å². The summed E-state index contributed by atoms with van der Waals surface area (Å²) in [5.41, 5.74) is 2.04. The second-order valence-corrected chi connectivity index (χ2v) is 6.16. The molecular weight excluding hydrogens is 305 g/mol. The van der Waals surface area contributed by atoms with E-state index in [4.69, 9.17) is 5.26 Å². The first-order valence-corrected chi connectivity index (χ1v) is 8.05. The van der Waals surface area contributed by atoms with Crippen LogP contribution in [0, 0.1) is 24.1 Å². The van der Waals surface area contributed by atoms with Gasteiger partial charge in [0.05, 0.1) is 11.6 Å². The summed E-state index contributed by atoms with van der Waals surface area (Å²) in [4.78, 5) is 13.0. The summed E-state index contributed by atoms with van der Waals surface area (Å²) in [6.45, 7) is 3.55. The van der Waals surface area contributed by atoms with Crippen LogP contribution in [0.25, 0.3) is 0 Å². The zero-order valence-corrected chi connectivity index (χ0v) is 13.9. The number of rotatable bonds is 3. The van der Waals surface area contributed by atoms with Gasteiger partial charge >= 0.3 is 0 Å². The first-order chi connectivity index (χ1) is 11.6. The molecule has 1 fully saturated rings. The van der Waals surface area contributed by atoms with Crippen molar-refractivity contribution in [1.82, 2.24) is 9.97 Å². The van der Waals surface area contributed by atoms with E-state index in [1.54, 1.807) is 12.3 Å². The highest BCUT2D eigenvalue weighted by Crippen LogP contribution is 2.25. The Morgan fingerprint density at radius 2 is 2.21 bits per heavy atom. The normalized spacial score (nSPS) is 17.4. The summed E-state index contributed by atoms with van der Waals surface area (Å²) >= 11 is 0. The maximum atomic E-state index is 13.7. The molecule has 0 N–H and O–H groups in total. The Morgan fingerprint density at radius 1 is 1.38 bits per heavy atom. The summed E-state index contributed by atoms with van der Waals surface area (Å²) in [6.07, 6.45) is 3.80. The number of anilines is 2. The van der Waals surface area contributed by atoms with Crippen molar-refractivity contribution >= 4 is 11.6 Å². The molecule has 0 bridgehead atoms. The molecule has 6 heteroatoms. The van der Waals surface area contributed by atoms with Crippen molar-refractivity contribution in [2.45, 2.75) is 25.8 Å². The van der Waals surface area contributed by atoms with Crippen LogP contribution in [0.15, 0.2) is 30.5 Å². The zero-order valence-electron chi connectivity index (χ0n) is 13.9. The van der Waals surface area contributed by atoms with Gasteiger partial charge in [-0.2, -0.15) is 5.26 Å². The number of nitrogens with zero attached hydrogens (tertiary/aromatic N) is 5. The smallest absolute Gasteiger partial charge is 0.225 e. The van der Waals surface area contributed by atoms with Gasteiger partial charge in [-0.25, -0.2) is 14.4 Å². The molecule has 124 valence electrons. The maximum Gasteiger partial charge on any atom is 0.225 e. The summed E-state index contributed by atoms with van der Waals surface area (Å²) < 4.78 is 13.7. The number of aromatic nitrogens is 2. The number of nitriles is 1. The molecule has 0 aliphatic carbocycles. The average Bonchev–Trinajstić information content (AvgIpc) is 2.60. The monoisotopic (exact) mass is 325 g/mol. The molecule has 1 aliphatic rings. The van der Waals surface area contributed by atoms with E-state index in [1.807, 2.05) is 26.1 Å². The Kier molecular flexibility index (Phi) is 4.61. The molecule has 1 aliphatic heterocycles. The molecule has 5 nitrogen and oxygen atoms in total. The van der Waals surface area contributed by atoms with E-state index in [0.717, 1.165) is 37.3 Å². The first kappa shape index (κ1) is 16.2. The van der Waals surface area contributed by atoms with Gasteiger partial charge in [0.15, 0.2) is 0 Å². The van der Waals surface area contributed by atoms with Crippen molar-refractivity contribution < 1.29 is 4.39 Å². The Morgan fingerprint density at radius 3 is 2.96 bits per heavy atom. The third kappa shape index (κ3) is 3.46. The molecule has 3 rings (SSSR count). The molecule has 1 aromatic heterocycles. The van der Waals surface area contributed by atoms with Crippen LogP contribution in [0.3, 0.4) is 0 Å². The largest absolute Gasteiger partial charge is 0.369 e. The minimum atomic E-state index is -0.374. The van der Waals surface area contributed by atoms with Gasteiger partial charge in [0, 0.05) is 43.8 Å². The van der Waals surface area contributed by atoms with Crippen molar-refractivity contribution in [3.8, 4) is 6.07 Å². The predicted octanol–water partition coefficient (Wildman–Crippen LogP) is 2.90. The SMILES string of the molecule is Cc1ccnc(N(C)C2CCCN(c3cc(F)cc(C#N)c3)C2)n1. The van der Waals surface area contributed by atoms with Crippen molar-refractivity contribution in [2.24, 2.45) is 0 Å². The fraction of sp³-hybridized carbons (Fsp3) is 0.389. The number of likely N-dealkylation sites (N-methyl/N-ethyl adjacent to an activating group) is 1. The molecule has 0 saturated carbocycles. The van der Waals surface area contributed by atoms with Gasteiger partial charge < -0.3 is 9.80 Å². The van der Waals surface area contributed by atoms with Gasteiger partial charge in [-0.15, -0.1) is 0 Å². The van der Waals surface area contributed by atoms with Crippen LogP contribution in [-0.4, -0.2) is 36.1 Å². The second kappa shape index (κ2) is 6.83. The average molecular weight is 325 g/mol. The second-order valence-electron chi connectivity index (χ2n) is 6.16. The lowest BCUT2D eigenvalue weighted by Crippen LogP contribution is -2.47. The van der Waals surface area contributed by atoms with Gasteiger partial charge in [-0.1, -0.05) is 0 Å². The van der Waals surface area contributed by atoms with Crippen LogP contribution >= 0.6 is 0 Å². The molecule has 2 aromatic rings. The Hall–Kier alpha value is -2.68. The molecule has 1 unspecified atom stereocenters. The molecule has 2 heterocycles. The number of halogens is 1. The van der Waals surface area contributed by atoms with E-state index < -0.39 is 0 Å². The highest BCUT2D eigenvalue weighted by atomic mass is 19.1. The van der Waals surface area contributed by atoms with Gasteiger partial charge in [0.25, 0.3) is 0 Å². The topological polar surface area (TPSA) is 56.1 Å². The van der Waals surface area contributed by atoms with E-state index in [1.165, 1.54) is 12.1 Å². The van der Waals surface area contributed by atoms with Gasteiger partial charge in [-0.05, 0) is 44.0 Å². The van der Waals surface area contributed by atoms with E-state index in [0.29, 0.717) is 11.5 Å². The van der Waals surface area contributed by atoms with Crippen LogP contribution in [0.1, 0.15) is 24.1 Å². The fourth-order valence-electron chi connectivity index (χ4n) is 3.10. The predicted molar refractivity (Wildman–Crippen MR) is 91.5 cm³/mol. The Bertz CT molecular complexity index is 770. The molecule has 0 radical (unpaired) electrons.